The zero-order valence-corrected chi connectivity index (χ0v) is 19.8. The standard InChI is InChI=1S/C27H28F2N6O/c28-19-3-8-24(29)23(14-19)25-2-1-11-34(25)26-10-13-35-27(32-26)18(16-31-35)15-30-20-4-6-21(7-5-20)33-12-9-22(36)17-33/h3-8,10,13-14,16,22,25,30,36H,1-2,9,11-12,15,17H2/t22-,25+/m0/s1. The van der Waals surface area contributed by atoms with Gasteiger partial charge < -0.3 is 20.2 Å². The predicted molar refractivity (Wildman–Crippen MR) is 135 cm³/mol. The maximum absolute atomic E-state index is 14.5. The highest BCUT2D eigenvalue weighted by Gasteiger charge is 2.30. The molecule has 2 aromatic carbocycles. The largest absolute Gasteiger partial charge is 0.391 e. The summed E-state index contributed by atoms with van der Waals surface area (Å²) in [5.74, 6) is -0.0972. The van der Waals surface area contributed by atoms with Gasteiger partial charge in [0.2, 0.25) is 0 Å². The van der Waals surface area contributed by atoms with Crippen LogP contribution in [0.3, 0.4) is 0 Å². The normalized spacial score (nSPS) is 20.0. The van der Waals surface area contributed by atoms with Crippen molar-refractivity contribution in [2.24, 2.45) is 0 Å². The maximum Gasteiger partial charge on any atom is 0.162 e. The van der Waals surface area contributed by atoms with E-state index >= 15 is 0 Å². The second kappa shape index (κ2) is 9.39. The summed E-state index contributed by atoms with van der Waals surface area (Å²) >= 11 is 0. The average Bonchev–Trinajstić information content (AvgIpc) is 3.64. The number of anilines is 3. The van der Waals surface area contributed by atoms with Gasteiger partial charge in [0, 0.05) is 54.9 Å². The van der Waals surface area contributed by atoms with E-state index in [1.54, 1.807) is 10.7 Å². The molecule has 9 heteroatoms. The van der Waals surface area contributed by atoms with Gasteiger partial charge in [-0.1, -0.05) is 0 Å². The van der Waals surface area contributed by atoms with Crippen molar-refractivity contribution in [1.82, 2.24) is 14.6 Å². The molecule has 4 aromatic rings. The third-order valence-electron chi connectivity index (χ3n) is 7.17. The molecule has 0 bridgehead atoms. The molecule has 0 unspecified atom stereocenters. The molecule has 2 N–H and O–H groups in total. The summed E-state index contributed by atoms with van der Waals surface area (Å²) in [5.41, 5.74) is 4.13. The zero-order valence-electron chi connectivity index (χ0n) is 19.8. The third kappa shape index (κ3) is 4.35. The number of hydrogen-bond acceptors (Lipinski definition) is 6. The summed E-state index contributed by atoms with van der Waals surface area (Å²) in [7, 11) is 0. The van der Waals surface area contributed by atoms with Gasteiger partial charge in [-0.2, -0.15) is 5.10 Å². The molecule has 0 aliphatic carbocycles. The number of aliphatic hydroxyl groups excluding tert-OH is 1. The van der Waals surface area contributed by atoms with Crippen LogP contribution in [0, 0.1) is 11.6 Å². The van der Waals surface area contributed by atoms with E-state index in [-0.39, 0.29) is 12.1 Å². The van der Waals surface area contributed by atoms with Crippen LogP contribution in [0.25, 0.3) is 5.65 Å². The molecule has 4 heterocycles. The van der Waals surface area contributed by atoms with Crippen LogP contribution in [0.4, 0.5) is 26.0 Å². The van der Waals surface area contributed by atoms with Crippen LogP contribution in [0.1, 0.15) is 36.4 Å². The lowest BCUT2D eigenvalue weighted by Crippen LogP contribution is -2.24. The minimum Gasteiger partial charge on any atom is -0.391 e. The maximum atomic E-state index is 14.5. The number of fused-ring (bicyclic) bond motifs is 1. The molecule has 2 saturated heterocycles. The number of rotatable bonds is 6. The number of benzene rings is 2. The van der Waals surface area contributed by atoms with E-state index in [2.05, 4.69) is 32.3 Å². The van der Waals surface area contributed by atoms with Gasteiger partial charge >= 0.3 is 0 Å². The van der Waals surface area contributed by atoms with Gasteiger partial charge in [0.25, 0.3) is 0 Å². The Balaban J connectivity index is 1.20. The van der Waals surface area contributed by atoms with E-state index in [9.17, 15) is 13.9 Å². The Hall–Kier alpha value is -3.72. The highest BCUT2D eigenvalue weighted by atomic mass is 19.1. The fraction of sp³-hybridized carbons (Fsp3) is 0.333. The molecule has 0 spiro atoms. The van der Waals surface area contributed by atoms with E-state index in [1.165, 1.54) is 12.1 Å². The molecule has 7 nitrogen and oxygen atoms in total. The number of aromatic nitrogens is 3. The van der Waals surface area contributed by atoms with Crippen LogP contribution in [0.5, 0.6) is 0 Å². The van der Waals surface area contributed by atoms with Gasteiger partial charge in [-0.15, -0.1) is 0 Å². The molecule has 2 aliphatic rings. The van der Waals surface area contributed by atoms with Crippen molar-refractivity contribution in [1.29, 1.82) is 0 Å². The van der Waals surface area contributed by atoms with Crippen LogP contribution in [-0.2, 0) is 6.54 Å². The molecule has 6 rings (SSSR count). The van der Waals surface area contributed by atoms with Crippen molar-refractivity contribution >= 4 is 22.8 Å². The van der Waals surface area contributed by atoms with Crippen molar-refractivity contribution in [2.45, 2.75) is 38.0 Å². The number of nitrogens with zero attached hydrogens (tertiary/aromatic N) is 5. The summed E-state index contributed by atoms with van der Waals surface area (Å²) in [6.45, 7) is 2.82. The van der Waals surface area contributed by atoms with E-state index in [0.717, 1.165) is 66.8 Å². The van der Waals surface area contributed by atoms with Gasteiger partial charge in [0.1, 0.15) is 17.5 Å². The van der Waals surface area contributed by atoms with Gasteiger partial charge in [0.05, 0.1) is 18.3 Å². The van der Waals surface area contributed by atoms with E-state index in [4.69, 9.17) is 4.98 Å². The summed E-state index contributed by atoms with van der Waals surface area (Å²) in [6.07, 6.45) is 5.84. The number of halogens is 2. The minimum absolute atomic E-state index is 0.250. The Kier molecular flexibility index (Phi) is 5.92. The van der Waals surface area contributed by atoms with Crippen molar-refractivity contribution in [3.63, 3.8) is 0 Å². The van der Waals surface area contributed by atoms with Crippen LogP contribution in [0.15, 0.2) is 60.9 Å². The molecule has 0 radical (unpaired) electrons. The molecule has 2 fully saturated rings. The third-order valence-corrected chi connectivity index (χ3v) is 7.17. The Morgan fingerprint density at radius 1 is 1.03 bits per heavy atom. The first kappa shape index (κ1) is 22.7. The first-order chi connectivity index (χ1) is 17.5. The second-order valence-electron chi connectivity index (χ2n) is 9.53. The number of β-amino-alcohol motifs (C(OH)–C–C–N with tert-alkyl or cyclic N) is 1. The SMILES string of the molecule is O[C@H]1CCN(c2ccc(NCc3cnn4ccc(N5CCC[C@@H]5c5cc(F)ccc5F)nc34)cc2)C1. The smallest absolute Gasteiger partial charge is 0.162 e. The number of nitrogens with one attached hydrogen (secondary N) is 1. The second-order valence-corrected chi connectivity index (χ2v) is 9.53. The van der Waals surface area contributed by atoms with E-state index < -0.39 is 11.6 Å². The van der Waals surface area contributed by atoms with Crippen molar-refractivity contribution in [3.05, 3.63) is 83.7 Å². The molecule has 0 amide bonds. The van der Waals surface area contributed by atoms with Gasteiger partial charge in [0.15, 0.2) is 5.65 Å². The number of aliphatic hydroxyl groups is 1. The Morgan fingerprint density at radius 2 is 1.89 bits per heavy atom. The molecule has 2 aromatic heterocycles. The van der Waals surface area contributed by atoms with Crippen molar-refractivity contribution in [3.8, 4) is 0 Å². The number of hydrogen-bond donors (Lipinski definition) is 2. The molecule has 2 atom stereocenters. The highest BCUT2D eigenvalue weighted by molar-refractivity contribution is 5.58. The fourth-order valence-electron chi connectivity index (χ4n) is 5.29. The Labute approximate surface area is 208 Å². The van der Waals surface area contributed by atoms with Gasteiger partial charge in [-0.25, -0.2) is 18.3 Å². The monoisotopic (exact) mass is 490 g/mol. The molecule has 186 valence electrons. The topological polar surface area (TPSA) is 68.9 Å². The Morgan fingerprint density at radius 3 is 2.69 bits per heavy atom. The first-order valence-electron chi connectivity index (χ1n) is 12.4. The van der Waals surface area contributed by atoms with Crippen LogP contribution >= 0.6 is 0 Å². The fourth-order valence-corrected chi connectivity index (χ4v) is 5.29. The quantitative estimate of drug-likeness (QED) is 0.414. The van der Waals surface area contributed by atoms with E-state index in [0.29, 0.717) is 18.7 Å². The first-order valence-corrected chi connectivity index (χ1v) is 12.4. The molecule has 2 aliphatic heterocycles. The van der Waals surface area contributed by atoms with Crippen LogP contribution in [0.2, 0.25) is 0 Å². The lowest BCUT2D eigenvalue weighted by molar-refractivity contribution is 0.198. The average molecular weight is 491 g/mol. The van der Waals surface area contributed by atoms with Crippen LogP contribution in [-0.4, -0.2) is 45.4 Å². The lowest BCUT2D eigenvalue weighted by atomic mass is 10.0. The zero-order chi connectivity index (χ0) is 24.6. The van der Waals surface area contributed by atoms with Gasteiger partial charge in [-0.3, -0.25) is 0 Å². The van der Waals surface area contributed by atoms with Gasteiger partial charge in [-0.05, 0) is 67.8 Å². The molecule has 0 saturated carbocycles. The minimum atomic E-state index is -0.433. The molecular weight excluding hydrogens is 462 g/mol. The molecular formula is C27H28F2N6O. The summed E-state index contributed by atoms with van der Waals surface area (Å²) in [4.78, 5) is 9.11. The van der Waals surface area contributed by atoms with Crippen molar-refractivity contribution in [2.75, 3.05) is 34.8 Å². The van der Waals surface area contributed by atoms with E-state index in [1.807, 2.05) is 24.4 Å². The van der Waals surface area contributed by atoms with Crippen molar-refractivity contribution < 1.29 is 13.9 Å². The predicted octanol–water partition coefficient (Wildman–Crippen LogP) is 4.53. The summed E-state index contributed by atoms with van der Waals surface area (Å²) in [6, 6.07) is 13.5. The van der Waals surface area contributed by atoms with Crippen LogP contribution < -0.4 is 15.1 Å². The lowest BCUT2D eigenvalue weighted by Gasteiger charge is -2.26. The summed E-state index contributed by atoms with van der Waals surface area (Å²) in [5, 5.41) is 17.6. The Bertz CT molecular complexity index is 1370. The highest BCUT2D eigenvalue weighted by Crippen LogP contribution is 2.37. The molecule has 36 heavy (non-hydrogen) atoms. The summed E-state index contributed by atoms with van der Waals surface area (Å²) < 4.78 is 30.1.